The van der Waals surface area contributed by atoms with Gasteiger partial charge in [-0.25, -0.2) is 0 Å². The number of carbonyl (C=O) groups is 2. The van der Waals surface area contributed by atoms with E-state index >= 15 is 0 Å². The fourth-order valence-electron chi connectivity index (χ4n) is 2.48. The van der Waals surface area contributed by atoms with Crippen molar-refractivity contribution in [2.45, 2.75) is 31.7 Å². The zero-order chi connectivity index (χ0) is 14.7. The fraction of sp³-hybridized carbons (Fsp3) is 0.429. The number of hydrogen-bond acceptors (Lipinski definition) is 3. The molecule has 0 unspecified atom stereocenters. The quantitative estimate of drug-likeness (QED) is 0.740. The number of amides is 2. The number of nitrogen functional groups attached to an aromatic ring is 1. The van der Waals surface area contributed by atoms with Crippen LogP contribution < -0.4 is 16.8 Å². The van der Waals surface area contributed by atoms with Crippen molar-refractivity contribution in [1.82, 2.24) is 5.32 Å². The lowest BCUT2D eigenvalue weighted by molar-refractivity contribution is -0.122. The summed E-state index contributed by atoms with van der Waals surface area (Å²) >= 11 is 5.82. The highest BCUT2D eigenvalue weighted by Crippen LogP contribution is 2.24. The molecule has 1 aromatic rings. The molecule has 5 N–H and O–H groups in total. The van der Waals surface area contributed by atoms with E-state index in [9.17, 15) is 9.59 Å². The molecule has 0 radical (unpaired) electrons. The van der Waals surface area contributed by atoms with Crippen LogP contribution in [0.5, 0.6) is 0 Å². The van der Waals surface area contributed by atoms with Gasteiger partial charge in [0, 0.05) is 17.5 Å². The number of benzene rings is 1. The van der Waals surface area contributed by atoms with Gasteiger partial charge >= 0.3 is 0 Å². The van der Waals surface area contributed by atoms with Crippen molar-refractivity contribution in [3.63, 3.8) is 0 Å². The molecule has 0 aliphatic heterocycles. The minimum atomic E-state index is -0.250. The minimum absolute atomic E-state index is 0.0608. The van der Waals surface area contributed by atoms with E-state index < -0.39 is 0 Å². The predicted octanol–water partition coefficient (Wildman–Crippen LogP) is 1.70. The van der Waals surface area contributed by atoms with Crippen molar-refractivity contribution in [3.05, 3.63) is 28.8 Å². The van der Waals surface area contributed by atoms with Gasteiger partial charge in [-0.1, -0.05) is 11.6 Å². The van der Waals surface area contributed by atoms with Crippen LogP contribution >= 0.6 is 11.6 Å². The maximum Gasteiger partial charge on any atom is 0.251 e. The van der Waals surface area contributed by atoms with E-state index in [0.29, 0.717) is 16.3 Å². The molecule has 0 aromatic heterocycles. The molecular weight excluding hydrogens is 278 g/mol. The maximum atomic E-state index is 12.1. The van der Waals surface area contributed by atoms with E-state index in [1.807, 2.05) is 0 Å². The molecule has 5 nitrogen and oxygen atoms in total. The zero-order valence-electron chi connectivity index (χ0n) is 11.1. The lowest BCUT2D eigenvalue weighted by Crippen LogP contribution is -2.39. The smallest absolute Gasteiger partial charge is 0.251 e. The summed E-state index contributed by atoms with van der Waals surface area (Å²) in [5.74, 6) is -0.481. The van der Waals surface area contributed by atoms with Crippen LogP contribution in [0.25, 0.3) is 0 Å². The van der Waals surface area contributed by atoms with Gasteiger partial charge in [0.15, 0.2) is 0 Å². The molecule has 0 spiro atoms. The van der Waals surface area contributed by atoms with Crippen molar-refractivity contribution in [1.29, 1.82) is 0 Å². The standard InChI is InChI=1S/C14H18ClN3O2/c15-11-6-3-9(7-12(11)16)14(20)18-10-4-1-8(2-5-10)13(17)19/h3,6-8,10H,1-2,4-5,16H2,(H2,17,19)(H,18,20). The first-order valence-electron chi connectivity index (χ1n) is 6.62. The topological polar surface area (TPSA) is 98.2 Å². The van der Waals surface area contributed by atoms with Gasteiger partial charge in [-0.15, -0.1) is 0 Å². The molecule has 1 aliphatic rings. The van der Waals surface area contributed by atoms with E-state index in [1.54, 1.807) is 18.2 Å². The molecule has 2 rings (SSSR count). The van der Waals surface area contributed by atoms with Gasteiger partial charge in [0.2, 0.25) is 5.91 Å². The van der Waals surface area contributed by atoms with Crippen molar-refractivity contribution < 1.29 is 9.59 Å². The van der Waals surface area contributed by atoms with Crippen LogP contribution in [0, 0.1) is 5.92 Å². The first-order valence-corrected chi connectivity index (χ1v) is 7.00. The Kier molecular flexibility index (Phi) is 4.49. The highest BCUT2D eigenvalue weighted by Gasteiger charge is 2.25. The molecule has 1 fully saturated rings. The fourth-order valence-corrected chi connectivity index (χ4v) is 2.59. The van der Waals surface area contributed by atoms with E-state index in [2.05, 4.69) is 5.32 Å². The van der Waals surface area contributed by atoms with Gasteiger partial charge in [0.05, 0.1) is 10.7 Å². The summed E-state index contributed by atoms with van der Waals surface area (Å²) in [5, 5.41) is 3.39. The van der Waals surface area contributed by atoms with E-state index in [4.69, 9.17) is 23.1 Å². The number of rotatable bonds is 3. The molecule has 6 heteroatoms. The SMILES string of the molecule is NC(=O)C1CCC(NC(=O)c2ccc(Cl)c(N)c2)CC1. The molecule has 2 amide bonds. The summed E-state index contributed by atoms with van der Waals surface area (Å²) in [6, 6.07) is 4.89. The largest absolute Gasteiger partial charge is 0.398 e. The Bertz CT molecular complexity index is 525. The Labute approximate surface area is 122 Å². The van der Waals surface area contributed by atoms with Crippen molar-refractivity contribution >= 4 is 29.1 Å². The molecule has 0 saturated heterocycles. The highest BCUT2D eigenvalue weighted by atomic mass is 35.5. The van der Waals surface area contributed by atoms with E-state index in [-0.39, 0.29) is 23.8 Å². The molecule has 1 aromatic carbocycles. The number of anilines is 1. The molecule has 0 atom stereocenters. The molecule has 1 aliphatic carbocycles. The molecule has 20 heavy (non-hydrogen) atoms. The third-order valence-electron chi connectivity index (χ3n) is 3.72. The summed E-state index contributed by atoms with van der Waals surface area (Å²) in [5.41, 5.74) is 11.8. The van der Waals surface area contributed by atoms with Crippen LogP contribution in [0.15, 0.2) is 18.2 Å². The maximum absolute atomic E-state index is 12.1. The van der Waals surface area contributed by atoms with Gasteiger partial charge in [0.25, 0.3) is 5.91 Å². The zero-order valence-corrected chi connectivity index (χ0v) is 11.8. The van der Waals surface area contributed by atoms with Crippen LogP contribution in [-0.2, 0) is 4.79 Å². The summed E-state index contributed by atoms with van der Waals surface area (Å²) in [6.45, 7) is 0. The summed E-state index contributed by atoms with van der Waals surface area (Å²) < 4.78 is 0. The molecule has 1 saturated carbocycles. The molecule has 0 bridgehead atoms. The molecular formula is C14H18ClN3O2. The normalized spacial score (nSPS) is 22.2. The van der Waals surface area contributed by atoms with Crippen LogP contribution in [0.4, 0.5) is 5.69 Å². The van der Waals surface area contributed by atoms with E-state index in [1.165, 1.54) is 0 Å². The Morgan fingerprint density at radius 3 is 2.40 bits per heavy atom. The van der Waals surface area contributed by atoms with Gasteiger partial charge in [-0.3, -0.25) is 9.59 Å². The lowest BCUT2D eigenvalue weighted by atomic mass is 9.85. The minimum Gasteiger partial charge on any atom is -0.398 e. The summed E-state index contributed by atoms with van der Waals surface area (Å²) in [4.78, 5) is 23.2. The van der Waals surface area contributed by atoms with Crippen LogP contribution in [0.2, 0.25) is 5.02 Å². The summed E-state index contributed by atoms with van der Waals surface area (Å²) in [6.07, 6.45) is 2.98. The lowest BCUT2D eigenvalue weighted by Gasteiger charge is -2.27. The summed E-state index contributed by atoms with van der Waals surface area (Å²) in [7, 11) is 0. The van der Waals surface area contributed by atoms with Gasteiger partial charge in [-0.2, -0.15) is 0 Å². The second-order valence-electron chi connectivity index (χ2n) is 5.16. The highest BCUT2D eigenvalue weighted by molar-refractivity contribution is 6.33. The number of primary amides is 1. The van der Waals surface area contributed by atoms with Gasteiger partial charge in [-0.05, 0) is 43.9 Å². The number of carbonyl (C=O) groups excluding carboxylic acids is 2. The van der Waals surface area contributed by atoms with Crippen LogP contribution in [0.3, 0.4) is 0 Å². The van der Waals surface area contributed by atoms with Crippen molar-refractivity contribution in [2.24, 2.45) is 11.7 Å². The molecule has 108 valence electrons. The number of nitrogens with two attached hydrogens (primary N) is 2. The number of nitrogens with one attached hydrogen (secondary N) is 1. The average molecular weight is 296 g/mol. The van der Waals surface area contributed by atoms with Crippen molar-refractivity contribution in [3.8, 4) is 0 Å². The van der Waals surface area contributed by atoms with Crippen LogP contribution in [0.1, 0.15) is 36.0 Å². The van der Waals surface area contributed by atoms with Gasteiger partial charge < -0.3 is 16.8 Å². The predicted molar refractivity (Wildman–Crippen MR) is 78.3 cm³/mol. The monoisotopic (exact) mass is 295 g/mol. The first-order chi connectivity index (χ1) is 9.47. The van der Waals surface area contributed by atoms with Crippen LogP contribution in [-0.4, -0.2) is 17.9 Å². The second-order valence-corrected chi connectivity index (χ2v) is 5.57. The number of hydrogen-bond donors (Lipinski definition) is 3. The Morgan fingerprint density at radius 2 is 1.85 bits per heavy atom. The Balaban J connectivity index is 1.92. The van der Waals surface area contributed by atoms with E-state index in [0.717, 1.165) is 25.7 Å². The van der Waals surface area contributed by atoms with Gasteiger partial charge in [0.1, 0.15) is 0 Å². The third kappa shape index (κ3) is 3.42. The number of halogens is 1. The second kappa shape index (κ2) is 6.13. The Hall–Kier alpha value is -1.75. The first kappa shape index (κ1) is 14.7. The molecule has 0 heterocycles. The third-order valence-corrected chi connectivity index (χ3v) is 4.07. The van der Waals surface area contributed by atoms with Crippen molar-refractivity contribution in [2.75, 3.05) is 5.73 Å². The average Bonchev–Trinajstić information content (AvgIpc) is 2.42. The Morgan fingerprint density at radius 1 is 1.20 bits per heavy atom.